The highest BCUT2D eigenvalue weighted by molar-refractivity contribution is 5.68. The topological polar surface area (TPSA) is 29.5 Å². The van der Waals surface area contributed by atoms with Gasteiger partial charge in [-0.2, -0.15) is 0 Å². The number of benzene rings is 1. The van der Waals surface area contributed by atoms with Crippen molar-refractivity contribution in [2.45, 2.75) is 45.6 Å². The van der Waals surface area contributed by atoms with Gasteiger partial charge in [-0.15, -0.1) is 0 Å². The van der Waals surface area contributed by atoms with E-state index < -0.39 is 5.60 Å². The minimum atomic E-state index is -0.418. The van der Waals surface area contributed by atoms with Crippen LogP contribution >= 0.6 is 0 Å². The molecule has 0 aromatic heterocycles. The Morgan fingerprint density at radius 3 is 2.47 bits per heavy atom. The fraction of sp³-hybridized carbons (Fsp3) is 0.562. The molecule has 1 aromatic rings. The third-order valence-corrected chi connectivity index (χ3v) is 3.39. The molecule has 1 heterocycles. The van der Waals surface area contributed by atoms with Crippen molar-refractivity contribution in [1.29, 1.82) is 0 Å². The van der Waals surface area contributed by atoms with Crippen molar-refractivity contribution in [2.24, 2.45) is 0 Å². The van der Waals surface area contributed by atoms with Crippen LogP contribution in [0.3, 0.4) is 0 Å². The molecular formula is C16H23NO2. The van der Waals surface area contributed by atoms with Crippen molar-refractivity contribution in [3.05, 3.63) is 35.4 Å². The molecule has 0 radical (unpaired) electrons. The first-order valence-corrected chi connectivity index (χ1v) is 6.89. The maximum absolute atomic E-state index is 12.0. The normalized spacial score (nSPS) is 19.6. The molecule has 1 amide bonds. The van der Waals surface area contributed by atoms with Crippen LogP contribution < -0.4 is 0 Å². The number of nitrogens with zero attached hydrogens (tertiary/aromatic N) is 1. The highest BCUT2D eigenvalue weighted by atomic mass is 16.6. The zero-order valence-electron chi connectivity index (χ0n) is 12.3. The Morgan fingerprint density at radius 1 is 1.26 bits per heavy atom. The summed E-state index contributed by atoms with van der Waals surface area (Å²) in [4.78, 5) is 13.8. The molecule has 0 aliphatic carbocycles. The standard InChI is InChI=1S/C16H23NO2/c1-12-5-7-13(8-6-12)14-9-10-17(11-14)15(18)19-16(2,3)4/h5-8,14H,9-11H2,1-4H3/t14-/m1/s1. The molecule has 1 atom stereocenters. The van der Waals surface area contributed by atoms with Crippen LogP contribution in [0.2, 0.25) is 0 Å². The number of likely N-dealkylation sites (tertiary alicyclic amines) is 1. The lowest BCUT2D eigenvalue weighted by atomic mass is 9.98. The van der Waals surface area contributed by atoms with Crippen molar-refractivity contribution in [3.63, 3.8) is 0 Å². The van der Waals surface area contributed by atoms with Gasteiger partial charge in [-0.3, -0.25) is 0 Å². The highest BCUT2D eigenvalue weighted by Crippen LogP contribution is 2.28. The van der Waals surface area contributed by atoms with E-state index in [1.54, 1.807) is 0 Å². The average molecular weight is 261 g/mol. The number of carbonyl (C=O) groups excluding carboxylic acids is 1. The van der Waals surface area contributed by atoms with Crippen LogP contribution in [0.15, 0.2) is 24.3 Å². The van der Waals surface area contributed by atoms with Crippen LogP contribution in [0.5, 0.6) is 0 Å². The lowest BCUT2D eigenvalue weighted by Gasteiger charge is -2.24. The van der Waals surface area contributed by atoms with Crippen LogP contribution in [0.1, 0.15) is 44.2 Å². The number of hydrogen-bond donors (Lipinski definition) is 0. The van der Waals surface area contributed by atoms with E-state index in [1.807, 2.05) is 25.7 Å². The molecule has 1 saturated heterocycles. The van der Waals surface area contributed by atoms with Crippen molar-refractivity contribution >= 4 is 6.09 Å². The van der Waals surface area contributed by atoms with Gasteiger partial charge in [0.05, 0.1) is 0 Å². The predicted molar refractivity (Wildman–Crippen MR) is 76.3 cm³/mol. The van der Waals surface area contributed by atoms with E-state index in [1.165, 1.54) is 11.1 Å². The summed E-state index contributed by atoms with van der Waals surface area (Å²) < 4.78 is 5.41. The molecule has 3 heteroatoms. The Labute approximate surface area is 115 Å². The van der Waals surface area contributed by atoms with Crippen molar-refractivity contribution < 1.29 is 9.53 Å². The minimum absolute atomic E-state index is 0.192. The first kappa shape index (κ1) is 13.9. The van der Waals surface area contributed by atoms with E-state index in [0.29, 0.717) is 5.92 Å². The van der Waals surface area contributed by atoms with Gasteiger partial charge in [-0.25, -0.2) is 4.79 Å². The summed E-state index contributed by atoms with van der Waals surface area (Å²) in [7, 11) is 0. The maximum atomic E-state index is 12.0. The second kappa shape index (κ2) is 5.24. The summed E-state index contributed by atoms with van der Waals surface area (Å²) >= 11 is 0. The van der Waals surface area contributed by atoms with Gasteiger partial charge in [0.25, 0.3) is 0 Å². The second-order valence-corrected chi connectivity index (χ2v) is 6.32. The van der Waals surface area contributed by atoms with Gasteiger partial charge in [-0.05, 0) is 39.7 Å². The molecule has 0 saturated carbocycles. The van der Waals surface area contributed by atoms with E-state index in [0.717, 1.165) is 19.5 Å². The Balaban J connectivity index is 1.96. The number of amides is 1. The number of carbonyl (C=O) groups is 1. The minimum Gasteiger partial charge on any atom is -0.444 e. The lowest BCUT2D eigenvalue weighted by Crippen LogP contribution is -2.35. The van der Waals surface area contributed by atoms with Crippen LogP contribution in [0.25, 0.3) is 0 Å². The first-order valence-electron chi connectivity index (χ1n) is 6.89. The molecule has 104 valence electrons. The third kappa shape index (κ3) is 3.72. The monoisotopic (exact) mass is 261 g/mol. The van der Waals surface area contributed by atoms with E-state index in [4.69, 9.17) is 4.74 Å². The molecule has 1 aliphatic heterocycles. The summed E-state index contributed by atoms with van der Waals surface area (Å²) in [5.74, 6) is 0.438. The summed E-state index contributed by atoms with van der Waals surface area (Å²) in [6.45, 7) is 9.34. The second-order valence-electron chi connectivity index (χ2n) is 6.32. The predicted octanol–water partition coefficient (Wildman–Crippen LogP) is 3.72. The zero-order chi connectivity index (χ0) is 14.0. The van der Waals surface area contributed by atoms with Crippen LogP contribution in [-0.4, -0.2) is 29.7 Å². The fourth-order valence-electron chi connectivity index (χ4n) is 2.36. The van der Waals surface area contributed by atoms with E-state index in [9.17, 15) is 4.79 Å². The summed E-state index contributed by atoms with van der Waals surface area (Å²) in [5.41, 5.74) is 2.17. The molecule has 1 aromatic carbocycles. The molecule has 0 unspecified atom stereocenters. The number of hydrogen-bond acceptors (Lipinski definition) is 2. The van der Waals surface area contributed by atoms with Crippen LogP contribution in [0, 0.1) is 6.92 Å². The largest absolute Gasteiger partial charge is 0.444 e. The number of rotatable bonds is 1. The van der Waals surface area contributed by atoms with Gasteiger partial charge in [0.1, 0.15) is 5.60 Å². The molecule has 19 heavy (non-hydrogen) atoms. The van der Waals surface area contributed by atoms with Crippen LogP contribution in [-0.2, 0) is 4.74 Å². The van der Waals surface area contributed by atoms with Gasteiger partial charge in [-0.1, -0.05) is 29.8 Å². The SMILES string of the molecule is Cc1ccc([C@@H]2CCN(C(=O)OC(C)(C)C)C2)cc1. The maximum Gasteiger partial charge on any atom is 0.410 e. The Morgan fingerprint density at radius 2 is 1.89 bits per heavy atom. The van der Waals surface area contributed by atoms with Gasteiger partial charge in [0, 0.05) is 19.0 Å². The molecule has 1 fully saturated rings. The quantitative estimate of drug-likeness (QED) is 0.771. The van der Waals surface area contributed by atoms with Gasteiger partial charge in [0.15, 0.2) is 0 Å². The smallest absolute Gasteiger partial charge is 0.410 e. The van der Waals surface area contributed by atoms with Crippen molar-refractivity contribution in [3.8, 4) is 0 Å². The van der Waals surface area contributed by atoms with E-state index in [-0.39, 0.29) is 6.09 Å². The fourth-order valence-corrected chi connectivity index (χ4v) is 2.36. The Kier molecular flexibility index (Phi) is 3.83. The third-order valence-electron chi connectivity index (χ3n) is 3.39. The van der Waals surface area contributed by atoms with Gasteiger partial charge >= 0.3 is 6.09 Å². The van der Waals surface area contributed by atoms with E-state index in [2.05, 4.69) is 31.2 Å². The van der Waals surface area contributed by atoms with E-state index >= 15 is 0 Å². The van der Waals surface area contributed by atoms with Crippen LogP contribution in [0.4, 0.5) is 4.79 Å². The summed E-state index contributed by atoms with van der Waals surface area (Å²) in [5, 5.41) is 0. The van der Waals surface area contributed by atoms with Crippen molar-refractivity contribution in [2.75, 3.05) is 13.1 Å². The summed E-state index contributed by atoms with van der Waals surface area (Å²) in [6.07, 6.45) is 0.824. The van der Waals surface area contributed by atoms with Gasteiger partial charge < -0.3 is 9.64 Å². The molecule has 1 aliphatic rings. The van der Waals surface area contributed by atoms with Gasteiger partial charge in [0.2, 0.25) is 0 Å². The Hall–Kier alpha value is -1.51. The average Bonchev–Trinajstić information content (AvgIpc) is 2.77. The first-order chi connectivity index (χ1) is 8.85. The lowest BCUT2D eigenvalue weighted by molar-refractivity contribution is 0.0292. The molecule has 0 spiro atoms. The molecule has 3 nitrogen and oxygen atoms in total. The number of ether oxygens (including phenoxy) is 1. The number of aryl methyl sites for hydroxylation is 1. The molecule has 2 rings (SSSR count). The highest BCUT2D eigenvalue weighted by Gasteiger charge is 2.30. The molecule has 0 N–H and O–H groups in total. The summed E-state index contributed by atoms with van der Waals surface area (Å²) in [6, 6.07) is 8.59. The van der Waals surface area contributed by atoms with Crippen molar-refractivity contribution in [1.82, 2.24) is 4.90 Å². The zero-order valence-corrected chi connectivity index (χ0v) is 12.3. The molecule has 0 bridgehead atoms. The molecular weight excluding hydrogens is 238 g/mol. The Bertz CT molecular complexity index is 445.